The number of carbonyl (C=O) groups is 1. The average Bonchev–Trinajstić information content (AvgIpc) is 3.21. The van der Waals surface area contributed by atoms with E-state index in [0.717, 1.165) is 38.5 Å². The number of rotatable bonds is 40. The molecule has 1 amide bonds. The quantitative estimate of drug-likeness (QED) is 0.0265. The fraction of sp³-hybridized carbons (Fsp3) is 0.896. The number of amides is 1. The predicted molar refractivity (Wildman–Crippen MR) is 235 cm³/mol. The molecule has 9 heteroatoms. The van der Waals surface area contributed by atoms with Crippen LogP contribution < -0.4 is 5.32 Å². The SMILES string of the molecule is C/C=C/CCCCC/C=C/CCCCCCCCCCCCCC(=O)N[C@@H](CO[C@@H]1O[C@H](CO)[C@H](O)[C@H](O)[C@H]1O)[C@H](O)CCCCCCCCCCCCCCC. The van der Waals surface area contributed by atoms with Gasteiger partial charge in [0, 0.05) is 6.42 Å². The van der Waals surface area contributed by atoms with Crippen molar-refractivity contribution in [2.75, 3.05) is 13.2 Å². The molecule has 57 heavy (non-hydrogen) atoms. The lowest BCUT2D eigenvalue weighted by atomic mass is 9.99. The van der Waals surface area contributed by atoms with E-state index in [1.165, 1.54) is 154 Å². The van der Waals surface area contributed by atoms with Crippen LogP contribution in [0.15, 0.2) is 24.3 Å². The number of aliphatic hydroxyl groups excluding tert-OH is 5. The zero-order chi connectivity index (χ0) is 41.6. The van der Waals surface area contributed by atoms with Gasteiger partial charge in [-0.25, -0.2) is 0 Å². The van der Waals surface area contributed by atoms with Crippen molar-refractivity contribution in [3.63, 3.8) is 0 Å². The lowest BCUT2D eigenvalue weighted by Crippen LogP contribution is -2.60. The molecule has 7 atom stereocenters. The van der Waals surface area contributed by atoms with E-state index in [1.54, 1.807) is 0 Å². The molecule has 1 rings (SSSR count). The Labute approximate surface area is 349 Å². The van der Waals surface area contributed by atoms with Crippen LogP contribution in [0.1, 0.15) is 219 Å². The Morgan fingerprint density at radius 2 is 1.05 bits per heavy atom. The van der Waals surface area contributed by atoms with Crippen molar-refractivity contribution >= 4 is 5.91 Å². The van der Waals surface area contributed by atoms with Crippen molar-refractivity contribution in [2.24, 2.45) is 0 Å². The average molecular weight is 810 g/mol. The number of hydrogen-bond acceptors (Lipinski definition) is 8. The highest BCUT2D eigenvalue weighted by Crippen LogP contribution is 2.23. The summed E-state index contributed by atoms with van der Waals surface area (Å²) in [6.07, 6.45) is 39.1. The van der Waals surface area contributed by atoms with Gasteiger partial charge in [0.15, 0.2) is 6.29 Å². The van der Waals surface area contributed by atoms with Crippen LogP contribution in [0.4, 0.5) is 0 Å². The third-order valence-corrected chi connectivity index (χ3v) is 11.6. The topological polar surface area (TPSA) is 149 Å². The number of unbranched alkanes of at least 4 members (excludes halogenated alkanes) is 27. The lowest BCUT2D eigenvalue weighted by Gasteiger charge is -2.40. The first-order chi connectivity index (χ1) is 27.8. The molecule has 0 radical (unpaired) electrons. The van der Waals surface area contributed by atoms with E-state index in [9.17, 15) is 30.3 Å². The summed E-state index contributed by atoms with van der Waals surface area (Å²) in [5.74, 6) is -0.145. The molecule has 1 fully saturated rings. The highest BCUT2D eigenvalue weighted by molar-refractivity contribution is 5.76. The van der Waals surface area contributed by atoms with Crippen LogP contribution in [0.5, 0.6) is 0 Å². The standard InChI is InChI=1S/C48H91NO8/c1-3-5-7-9-11-13-15-17-18-19-20-21-22-23-24-26-28-30-32-34-36-38-44(52)49-41(40-56-48-47(55)46(54)45(53)43(39-50)57-48)42(51)37-35-33-31-29-27-25-16-14-12-10-8-6-4-2/h3,5,17-18,41-43,45-48,50-51,53-55H,4,6-16,19-40H2,1-2H3,(H,49,52)/b5-3+,18-17+/t41-,42+,43+,45-,46-,47+,48+/m0/s1. The summed E-state index contributed by atoms with van der Waals surface area (Å²) in [5.41, 5.74) is 0. The molecule has 0 bridgehead atoms. The van der Waals surface area contributed by atoms with E-state index in [4.69, 9.17) is 9.47 Å². The minimum absolute atomic E-state index is 0.136. The summed E-state index contributed by atoms with van der Waals surface area (Å²) in [4.78, 5) is 13.0. The van der Waals surface area contributed by atoms with Gasteiger partial charge in [0.05, 0.1) is 25.4 Å². The Balaban J connectivity index is 2.27. The first-order valence-electron chi connectivity index (χ1n) is 24.0. The molecule has 0 unspecified atom stereocenters. The number of allylic oxidation sites excluding steroid dienone is 4. The van der Waals surface area contributed by atoms with E-state index >= 15 is 0 Å². The van der Waals surface area contributed by atoms with Gasteiger partial charge in [-0.1, -0.05) is 179 Å². The van der Waals surface area contributed by atoms with Crippen LogP contribution in [0, 0.1) is 0 Å². The second-order valence-corrected chi connectivity index (χ2v) is 16.9. The van der Waals surface area contributed by atoms with Crippen LogP contribution in [-0.2, 0) is 14.3 Å². The third-order valence-electron chi connectivity index (χ3n) is 11.6. The summed E-state index contributed by atoms with van der Waals surface area (Å²) in [5, 5.41) is 54.4. The van der Waals surface area contributed by atoms with Gasteiger partial charge in [-0.15, -0.1) is 0 Å². The Hall–Kier alpha value is -1.33. The van der Waals surface area contributed by atoms with E-state index in [0.29, 0.717) is 12.8 Å². The van der Waals surface area contributed by atoms with E-state index in [-0.39, 0.29) is 12.5 Å². The maximum Gasteiger partial charge on any atom is 0.220 e. The van der Waals surface area contributed by atoms with Gasteiger partial charge in [-0.2, -0.15) is 0 Å². The number of hydrogen-bond donors (Lipinski definition) is 6. The van der Waals surface area contributed by atoms with Gasteiger partial charge >= 0.3 is 0 Å². The van der Waals surface area contributed by atoms with Crippen molar-refractivity contribution in [1.82, 2.24) is 5.32 Å². The number of ether oxygens (including phenoxy) is 2. The van der Waals surface area contributed by atoms with Crippen LogP contribution >= 0.6 is 0 Å². The molecule has 1 heterocycles. The molecular formula is C48H91NO8. The molecule has 0 saturated carbocycles. The van der Waals surface area contributed by atoms with Crippen molar-refractivity contribution in [3.05, 3.63) is 24.3 Å². The summed E-state index contributed by atoms with van der Waals surface area (Å²) < 4.78 is 11.3. The zero-order valence-corrected chi connectivity index (χ0v) is 36.9. The van der Waals surface area contributed by atoms with Crippen molar-refractivity contribution < 1.29 is 39.8 Å². The molecule has 0 aromatic rings. The molecule has 0 aromatic heterocycles. The molecular weight excluding hydrogens is 719 g/mol. The van der Waals surface area contributed by atoms with Gasteiger partial charge in [0.2, 0.25) is 5.91 Å². The van der Waals surface area contributed by atoms with Crippen LogP contribution in [0.25, 0.3) is 0 Å². The molecule has 0 aliphatic carbocycles. The Kier molecular flexibility index (Phi) is 36.6. The Morgan fingerprint density at radius 3 is 1.54 bits per heavy atom. The number of aliphatic hydroxyl groups is 5. The van der Waals surface area contributed by atoms with E-state index in [1.807, 2.05) is 0 Å². The maximum atomic E-state index is 13.0. The van der Waals surface area contributed by atoms with Crippen LogP contribution in [0.3, 0.4) is 0 Å². The predicted octanol–water partition coefficient (Wildman–Crippen LogP) is 10.3. The van der Waals surface area contributed by atoms with Crippen molar-refractivity contribution in [1.29, 1.82) is 0 Å². The molecule has 336 valence electrons. The molecule has 0 aromatic carbocycles. The summed E-state index contributed by atoms with van der Waals surface area (Å²) in [6.45, 7) is 3.65. The highest BCUT2D eigenvalue weighted by atomic mass is 16.7. The summed E-state index contributed by atoms with van der Waals surface area (Å²) in [7, 11) is 0. The molecule has 1 aliphatic heterocycles. The number of nitrogens with one attached hydrogen (secondary N) is 1. The highest BCUT2D eigenvalue weighted by Gasteiger charge is 2.44. The number of carbonyl (C=O) groups excluding carboxylic acids is 1. The molecule has 1 saturated heterocycles. The first kappa shape index (κ1) is 53.7. The van der Waals surface area contributed by atoms with Crippen LogP contribution in [0.2, 0.25) is 0 Å². The largest absolute Gasteiger partial charge is 0.394 e. The zero-order valence-electron chi connectivity index (χ0n) is 36.9. The van der Waals surface area contributed by atoms with Crippen molar-refractivity contribution in [3.8, 4) is 0 Å². The minimum atomic E-state index is -1.55. The van der Waals surface area contributed by atoms with Gasteiger partial charge in [0.25, 0.3) is 0 Å². The fourth-order valence-corrected chi connectivity index (χ4v) is 7.75. The summed E-state index contributed by atoms with van der Waals surface area (Å²) in [6, 6.07) is -0.716. The minimum Gasteiger partial charge on any atom is -0.394 e. The second kappa shape index (κ2) is 38.8. The molecule has 6 N–H and O–H groups in total. The lowest BCUT2D eigenvalue weighted by molar-refractivity contribution is -0.302. The Bertz CT molecular complexity index is 945. The van der Waals surface area contributed by atoms with Gasteiger partial charge < -0.3 is 40.3 Å². The maximum absolute atomic E-state index is 13.0. The van der Waals surface area contributed by atoms with Gasteiger partial charge in [0.1, 0.15) is 24.4 Å². The molecule has 9 nitrogen and oxygen atoms in total. The Morgan fingerprint density at radius 1 is 0.614 bits per heavy atom. The smallest absolute Gasteiger partial charge is 0.220 e. The van der Waals surface area contributed by atoms with Crippen LogP contribution in [-0.4, -0.2) is 87.5 Å². The molecule has 0 spiro atoms. The van der Waals surface area contributed by atoms with E-state index < -0.39 is 49.5 Å². The fourth-order valence-electron chi connectivity index (χ4n) is 7.75. The monoisotopic (exact) mass is 810 g/mol. The van der Waals surface area contributed by atoms with Gasteiger partial charge in [-0.3, -0.25) is 4.79 Å². The van der Waals surface area contributed by atoms with Crippen molar-refractivity contribution in [2.45, 2.75) is 262 Å². The van der Waals surface area contributed by atoms with E-state index in [2.05, 4.69) is 43.5 Å². The van der Waals surface area contributed by atoms with Gasteiger partial charge in [-0.05, 0) is 58.3 Å². The first-order valence-corrected chi connectivity index (χ1v) is 24.0. The second-order valence-electron chi connectivity index (χ2n) is 16.9. The molecule has 1 aliphatic rings. The third kappa shape index (κ3) is 29.5. The normalized spacial score (nSPS) is 21.1. The summed E-state index contributed by atoms with van der Waals surface area (Å²) >= 11 is 0.